The molecule has 0 spiro atoms. The third-order valence-corrected chi connectivity index (χ3v) is 3.47. The van der Waals surface area contributed by atoms with Crippen LogP contribution in [0.15, 0.2) is 60.7 Å². The van der Waals surface area contributed by atoms with E-state index in [9.17, 15) is 9.50 Å². The Morgan fingerprint density at radius 3 is 2.43 bits per heavy atom. The minimum atomic E-state index is -0.223. The maximum atomic E-state index is 14.1. The van der Waals surface area contributed by atoms with E-state index in [0.29, 0.717) is 5.56 Å². The van der Waals surface area contributed by atoms with Gasteiger partial charge in [0.15, 0.2) is 0 Å². The second kappa shape index (κ2) is 8.30. The van der Waals surface area contributed by atoms with Gasteiger partial charge in [-0.2, -0.15) is 0 Å². The highest BCUT2D eigenvalue weighted by Crippen LogP contribution is 2.22. The lowest BCUT2D eigenvalue weighted by Gasteiger charge is -2.09. The minimum absolute atomic E-state index is 0.223. The van der Waals surface area contributed by atoms with Crippen LogP contribution in [0.1, 0.15) is 17.5 Å². The van der Waals surface area contributed by atoms with Crippen molar-refractivity contribution < 1.29 is 9.50 Å². The molecule has 2 rings (SSSR count). The van der Waals surface area contributed by atoms with Gasteiger partial charge in [0.25, 0.3) is 0 Å². The lowest BCUT2D eigenvalue weighted by Crippen LogP contribution is -2.12. The molecule has 0 radical (unpaired) electrons. The first-order valence-electron chi connectivity index (χ1n) is 7.63. The van der Waals surface area contributed by atoms with E-state index in [1.165, 1.54) is 6.07 Å². The van der Waals surface area contributed by atoms with Gasteiger partial charge >= 0.3 is 0 Å². The van der Waals surface area contributed by atoms with E-state index in [1.54, 1.807) is 24.3 Å². The lowest BCUT2D eigenvalue weighted by molar-refractivity contribution is 0.417. The van der Waals surface area contributed by atoms with Crippen LogP contribution in [0.25, 0.3) is 11.6 Å². The Morgan fingerprint density at radius 2 is 1.78 bits per heavy atom. The van der Waals surface area contributed by atoms with Gasteiger partial charge in [0.1, 0.15) is 11.6 Å². The molecule has 0 saturated heterocycles. The topological polar surface area (TPSA) is 23.5 Å². The highest BCUT2D eigenvalue weighted by molar-refractivity contribution is 5.79. The van der Waals surface area contributed by atoms with Gasteiger partial charge in [-0.3, -0.25) is 0 Å². The zero-order chi connectivity index (χ0) is 16.7. The summed E-state index contributed by atoms with van der Waals surface area (Å²) in [6.07, 6.45) is 6.74. The van der Waals surface area contributed by atoms with Crippen molar-refractivity contribution in [3.05, 3.63) is 77.6 Å². The van der Waals surface area contributed by atoms with E-state index in [2.05, 4.69) is 11.0 Å². The standard InChI is InChI=1S/C20H22FNO/c1-22(2)15-5-6-17(19-7-3-4-8-20(19)21)12-9-16-10-13-18(23)14-11-16/h3-4,6-14,23H,5,15H2,1-2H3. The number of aromatic hydroxyl groups is 1. The molecule has 0 aromatic heterocycles. The van der Waals surface area contributed by atoms with Gasteiger partial charge in [0, 0.05) is 12.1 Å². The van der Waals surface area contributed by atoms with Crippen molar-refractivity contribution >= 4 is 11.6 Å². The predicted molar refractivity (Wildman–Crippen MR) is 94.7 cm³/mol. The van der Waals surface area contributed by atoms with Crippen molar-refractivity contribution in [1.29, 1.82) is 0 Å². The second-order valence-corrected chi connectivity index (χ2v) is 5.66. The summed E-state index contributed by atoms with van der Waals surface area (Å²) in [5.41, 5.74) is 2.41. The van der Waals surface area contributed by atoms with Crippen molar-refractivity contribution in [2.45, 2.75) is 6.42 Å². The molecule has 0 heterocycles. The van der Waals surface area contributed by atoms with Gasteiger partial charge in [-0.05, 0) is 49.9 Å². The first-order valence-corrected chi connectivity index (χ1v) is 7.63. The van der Waals surface area contributed by atoms with Gasteiger partial charge in [-0.25, -0.2) is 4.39 Å². The summed E-state index contributed by atoms with van der Waals surface area (Å²) in [4.78, 5) is 2.10. The lowest BCUT2D eigenvalue weighted by atomic mass is 10.0. The molecule has 0 atom stereocenters. The molecule has 0 unspecified atom stereocenters. The van der Waals surface area contributed by atoms with Gasteiger partial charge in [-0.15, -0.1) is 0 Å². The van der Waals surface area contributed by atoms with Gasteiger partial charge in [-0.1, -0.05) is 48.6 Å². The van der Waals surface area contributed by atoms with Crippen molar-refractivity contribution in [2.24, 2.45) is 0 Å². The number of halogens is 1. The molecule has 2 nitrogen and oxygen atoms in total. The molecule has 0 saturated carbocycles. The molecule has 0 aliphatic heterocycles. The van der Waals surface area contributed by atoms with Crippen LogP contribution in [0.3, 0.4) is 0 Å². The van der Waals surface area contributed by atoms with E-state index < -0.39 is 0 Å². The van der Waals surface area contributed by atoms with Gasteiger partial charge in [0.2, 0.25) is 0 Å². The molecular weight excluding hydrogens is 289 g/mol. The van der Waals surface area contributed by atoms with Crippen molar-refractivity contribution in [3.63, 3.8) is 0 Å². The van der Waals surface area contributed by atoms with Gasteiger partial charge < -0.3 is 10.0 Å². The minimum Gasteiger partial charge on any atom is -0.508 e. The first kappa shape index (κ1) is 17.0. The van der Waals surface area contributed by atoms with Crippen molar-refractivity contribution in [2.75, 3.05) is 20.6 Å². The summed E-state index contributed by atoms with van der Waals surface area (Å²) in [5.74, 6) is 0.0111. The third kappa shape index (κ3) is 5.38. The summed E-state index contributed by atoms with van der Waals surface area (Å²) in [5, 5.41) is 9.33. The summed E-state index contributed by atoms with van der Waals surface area (Å²) in [6.45, 7) is 0.908. The molecule has 1 N–H and O–H groups in total. The highest BCUT2D eigenvalue weighted by Gasteiger charge is 2.04. The number of hydrogen-bond acceptors (Lipinski definition) is 2. The van der Waals surface area contributed by atoms with E-state index in [0.717, 1.165) is 24.1 Å². The molecular formula is C20H22FNO. The fourth-order valence-corrected chi connectivity index (χ4v) is 2.21. The summed E-state index contributed by atoms with van der Waals surface area (Å²) in [7, 11) is 4.03. The van der Waals surface area contributed by atoms with Crippen LogP contribution in [0, 0.1) is 5.82 Å². The molecule has 0 aliphatic carbocycles. The quantitative estimate of drug-likeness (QED) is 0.789. The molecule has 0 fully saturated rings. The fourth-order valence-electron chi connectivity index (χ4n) is 2.21. The number of benzene rings is 2. The van der Waals surface area contributed by atoms with Crippen LogP contribution >= 0.6 is 0 Å². The van der Waals surface area contributed by atoms with Crippen LogP contribution < -0.4 is 0 Å². The Morgan fingerprint density at radius 1 is 1.09 bits per heavy atom. The summed E-state index contributed by atoms with van der Waals surface area (Å²) < 4.78 is 14.1. The monoisotopic (exact) mass is 311 g/mol. The molecule has 0 aliphatic rings. The Balaban J connectivity index is 2.26. The van der Waals surface area contributed by atoms with E-state index >= 15 is 0 Å². The summed E-state index contributed by atoms with van der Waals surface area (Å²) in [6, 6.07) is 13.7. The zero-order valence-electron chi connectivity index (χ0n) is 13.5. The van der Waals surface area contributed by atoms with Crippen molar-refractivity contribution in [3.8, 4) is 5.75 Å². The first-order chi connectivity index (χ1) is 11.1. The average Bonchev–Trinajstić information content (AvgIpc) is 2.53. The Hall–Kier alpha value is -2.39. The molecule has 2 aromatic carbocycles. The Labute approximate surface area is 137 Å². The number of hydrogen-bond donors (Lipinski definition) is 1. The molecule has 0 amide bonds. The summed E-state index contributed by atoms with van der Waals surface area (Å²) >= 11 is 0. The molecule has 0 bridgehead atoms. The van der Waals surface area contributed by atoms with Crippen LogP contribution in [-0.2, 0) is 0 Å². The fraction of sp³-hybridized carbons (Fsp3) is 0.200. The molecule has 23 heavy (non-hydrogen) atoms. The van der Waals surface area contributed by atoms with Gasteiger partial charge in [0.05, 0.1) is 0 Å². The number of phenolic OH excluding ortho intramolecular Hbond substituents is 1. The SMILES string of the molecule is CN(C)CCC=C(C=Cc1ccc(O)cc1)c1ccccc1F. The largest absolute Gasteiger partial charge is 0.508 e. The predicted octanol–water partition coefficient (Wildman–Crippen LogP) is 4.58. The normalized spacial score (nSPS) is 12.3. The van der Waals surface area contributed by atoms with Crippen LogP contribution in [-0.4, -0.2) is 30.6 Å². The van der Waals surface area contributed by atoms with E-state index in [1.807, 2.05) is 44.4 Å². The van der Waals surface area contributed by atoms with E-state index in [-0.39, 0.29) is 11.6 Å². The number of allylic oxidation sites excluding steroid dienone is 2. The van der Waals surface area contributed by atoms with Crippen molar-refractivity contribution in [1.82, 2.24) is 4.90 Å². The zero-order valence-corrected chi connectivity index (χ0v) is 13.5. The second-order valence-electron chi connectivity index (χ2n) is 5.66. The Bertz CT molecular complexity index is 687. The molecule has 3 heteroatoms. The Kier molecular flexibility index (Phi) is 6.12. The van der Waals surface area contributed by atoms with Crippen LogP contribution in [0.5, 0.6) is 5.75 Å². The van der Waals surface area contributed by atoms with Crippen LogP contribution in [0.4, 0.5) is 4.39 Å². The average molecular weight is 311 g/mol. The third-order valence-electron chi connectivity index (χ3n) is 3.47. The molecule has 120 valence electrons. The van der Waals surface area contributed by atoms with Crippen LogP contribution in [0.2, 0.25) is 0 Å². The number of rotatable bonds is 6. The highest BCUT2D eigenvalue weighted by atomic mass is 19.1. The van der Waals surface area contributed by atoms with E-state index in [4.69, 9.17) is 0 Å². The maximum absolute atomic E-state index is 14.1. The number of nitrogens with zero attached hydrogens (tertiary/aromatic N) is 1. The number of phenols is 1. The molecule has 2 aromatic rings. The maximum Gasteiger partial charge on any atom is 0.131 e. The smallest absolute Gasteiger partial charge is 0.131 e.